The second kappa shape index (κ2) is 11.4. The Bertz CT molecular complexity index is 1010. The Kier molecular flexibility index (Phi) is 8.63. The first-order chi connectivity index (χ1) is 15.0. The Morgan fingerprint density at radius 2 is 1.97 bits per heavy atom. The Hall–Kier alpha value is -2.22. The normalized spacial score (nSPS) is 11.9. The van der Waals surface area contributed by atoms with Crippen LogP contribution in [0.2, 0.25) is 10.0 Å². The van der Waals surface area contributed by atoms with Crippen LogP contribution < -0.4 is 10.1 Å². The monoisotopic (exact) mass is 478 g/mol. The Morgan fingerprint density at radius 3 is 2.71 bits per heavy atom. The quantitative estimate of drug-likeness (QED) is 0.405. The molecule has 0 fully saturated rings. The first-order valence-electron chi connectivity index (χ1n) is 9.96. The van der Waals surface area contributed by atoms with Crippen molar-refractivity contribution in [3.8, 4) is 5.75 Å². The van der Waals surface area contributed by atoms with Gasteiger partial charge in [-0.3, -0.25) is 4.79 Å². The molecule has 6 nitrogen and oxygen atoms in total. The summed E-state index contributed by atoms with van der Waals surface area (Å²) in [4.78, 5) is 12.2. The highest BCUT2D eigenvalue weighted by atomic mass is 35.5. The number of nitrogens with one attached hydrogen (secondary N) is 1. The number of benzene rings is 2. The predicted octanol–water partition coefficient (Wildman–Crippen LogP) is 5.20. The summed E-state index contributed by atoms with van der Waals surface area (Å²) in [5.74, 6) is 1.37. The molecule has 1 unspecified atom stereocenters. The second-order valence-electron chi connectivity index (χ2n) is 6.79. The number of aromatic nitrogens is 3. The van der Waals surface area contributed by atoms with E-state index in [2.05, 4.69) is 15.5 Å². The highest BCUT2D eigenvalue weighted by molar-refractivity contribution is 7.99. The van der Waals surface area contributed by atoms with E-state index in [0.717, 1.165) is 6.42 Å². The van der Waals surface area contributed by atoms with Crippen molar-refractivity contribution in [3.63, 3.8) is 0 Å². The van der Waals surface area contributed by atoms with Gasteiger partial charge in [0.15, 0.2) is 17.1 Å². The van der Waals surface area contributed by atoms with E-state index < -0.39 is 6.10 Å². The van der Waals surface area contributed by atoms with Gasteiger partial charge >= 0.3 is 0 Å². The zero-order chi connectivity index (χ0) is 22.2. The third-order valence-corrected chi connectivity index (χ3v) is 6.05. The van der Waals surface area contributed by atoms with E-state index in [4.69, 9.17) is 27.9 Å². The average molecular weight is 479 g/mol. The lowest BCUT2D eigenvalue weighted by molar-refractivity contribution is -0.118. The molecule has 0 radical (unpaired) electrons. The molecule has 0 aliphatic carbocycles. The zero-order valence-corrected chi connectivity index (χ0v) is 19.7. The first kappa shape index (κ1) is 23.4. The maximum absolute atomic E-state index is 12.2. The standard InChI is InChI=1S/C22H24Cl2N4O2S/c1-3-28-21(15(2)30-19-13-17(23)9-10-18(19)24)26-27-22(28)31-14-20(29)25-12-11-16-7-5-4-6-8-16/h4-10,13,15H,3,11-12,14H2,1-2H3,(H,25,29). The molecular formula is C22H24Cl2N4O2S. The zero-order valence-electron chi connectivity index (χ0n) is 17.3. The van der Waals surface area contributed by atoms with Crippen molar-refractivity contribution < 1.29 is 9.53 Å². The Balaban J connectivity index is 1.55. The summed E-state index contributed by atoms with van der Waals surface area (Å²) in [5, 5.41) is 13.1. The van der Waals surface area contributed by atoms with Gasteiger partial charge in [-0.1, -0.05) is 65.3 Å². The largest absolute Gasteiger partial charge is 0.481 e. The molecule has 1 N–H and O–H groups in total. The molecule has 1 amide bonds. The second-order valence-corrected chi connectivity index (χ2v) is 8.58. The SMILES string of the molecule is CCn1c(SCC(=O)NCCc2ccccc2)nnc1C(C)Oc1cc(Cl)ccc1Cl. The van der Waals surface area contributed by atoms with E-state index in [1.54, 1.807) is 18.2 Å². The fourth-order valence-electron chi connectivity index (χ4n) is 2.99. The summed E-state index contributed by atoms with van der Waals surface area (Å²) in [6, 6.07) is 15.1. The van der Waals surface area contributed by atoms with Crippen molar-refractivity contribution in [2.45, 2.75) is 38.1 Å². The highest BCUT2D eigenvalue weighted by Gasteiger charge is 2.20. The number of ether oxygens (including phenoxy) is 1. The molecule has 0 bridgehead atoms. The van der Waals surface area contributed by atoms with E-state index in [1.807, 2.05) is 48.7 Å². The molecule has 1 heterocycles. The molecule has 1 atom stereocenters. The average Bonchev–Trinajstić information content (AvgIpc) is 3.18. The molecule has 0 saturated heterocycles. The summed E-state index contributed by atoms with van der Waals surface area (Å²) in [5.41, 5.74) is 1.19. The van der Waals surface area contributed by atoms with Crippen LogP contribution >= 0.6 is 35.0 Å². The molecule has 0 aliphatic rings. The Morgan fingerprint density at radius 1 is 1.19 bits per heavy atom. The first-order valence-corrected chi connectivity index (χ1v) is 11.7. The number of carbonyl (C=O) groups excluding carboxylic acids is 1. The summed E-state index contributed by atoms with van der Waals surface area (Å²) in [6.07, 6.45) is 0.408. The van der Waals surface area contributed by atoms with Crippen LogP contribution in [0, 0.1) is 0 Å². The van der Waals surface area contributed by atoms with Crippen molar-refractivity contribution in [1.29, 1.82) is 0 Å². The maximum atomic E-state index is 12.2. The van der Waals surface area contributed by atoms with Gasteiger partial charge < -0.3 is 14.6 Å². The van der Waals surface area contributed by atoms with Crippen LogP contribution in [0.1, 0.15) is 31.3 Å². The van der Waals surface area contributed by atoms with Crippen LogP contribution in [0.4, 0.5) is 0 Å². The molecule has 1 aromatic heterocycles. The number of carbonyl (C=O) groups is 1. The number of hydrogen-bond donors (Lipinski definition) is 1. The summed E-state index contributed by atoms with van der Waals surface area (Å²) >= 11 is 13.6. The number of rotatable bonds is 10. The molecule has 0 aliphatic heterocycles. The molecule has 164 valence electrons. The van der Waals surface area contributed by atoms with Crippen LogP contribution in [0.15, 0.2) is 53.7 Å². The van der Waals surface area contributed by atoms with E-state index in [-0.39, 0.29) is 11.7 Å². The summed E-state index contributed by atoms with van der Waals surface area (Å²) in [6.45, 7) is 5.12. The van der Waals surface area contributed by atoms with Crippen molar-refractivity contribution in [2.24, 2.45) is 0 Å². The van der Waals surface area contributed by atoms with Crippen LogP contribution in [-0.4, -0.2) is 33.0 Å². The number of amides is 1. The molecule has 3 rings (SSSR count). The van der Waals surface area contributed by atoms with E-state index in [1.165, 1.54) is 17.3 Å². The fraction of sp³-hybridized carbons (Fsp3) is 0.318. The molecule has 0 spiro atoms. The molecular weight excluding hydrogens is 455 g/mol. The van der Waals surface area contributed by atoms with Crippen LogP contribution in [0.25, 0.3) is 0 Å². The van der Waals surface area contributed by atoms with Gasteiger partial charge in [-0.05, 0) is 38.0 Å². The molecule has 9 heteroatoms. The predicted molar refractivity (Wildman–Crippen MR) is 125 cm³/mol. The molecule has 3 aromatic rings. The van der Waals surface area contributed by atoms with Crippen LogP contribution in [0.3, 0.4) is 0 Å². The number of hydrogen-bond acceptors (Lipinski definition) is 5. The van der Waals surface area contributed by atoms with Crippen molar-refractivity contribution in [3.05, 3.63) is 70.0 Å². The van der Waals surface area contributed by atoms with Gasteiger partial charge in [-0.25, -0.2) is 0 Å². The van der Waals surface area contributed by atoms with Gasteiger partial charge in [0.05, 0.1) is 10.8 Å². The van der Waals surface area contributed by atoms with Gasteiger partial charge in [0.1, 0.15) is 5.75 Å². The lowest BCUT2D eigenvalue weighted by Crippen LogP contribution is -2.27. The smallest absolute Gasteiger partial charge is 0.230 e. The van der Waals surface area contributed by atoms with Crippen molar-refractivity contribution >= 4 is 40.9 Å². The topological polar surface area (TPSA) is 69.0 Å². The van der Waals surface area contributed by atoms with Gasteiger partial charge in [0, 0.05) is 24.2 Å². The highest BCUT2D eigenvalue weighted by Crippen LogP contribution is 2.32. The number of nitrogens with zero attached hydrogens (tertiary/aromatic N) is 3. The minimum Gasteiger partial charge on any atom is -0.481 e. The molecule has 2 aromatic carbocycles. The van der Waals surface area contributed by atoms with Gasteiger partial charge in [0.2, 0.25) is 5.91 Å². The Labute approximate surface area is 196 Å². The minimum atomic E-state index is -0.391. The lowest BCUT2D eigenvalue weighted by atomic mass is 10.1. The van der Waals surface area contributed by atoms with Crippen LogP contribution in [-0.2, 0) is 17.8 Å². The lowest BCUT2D eigenvalue weighted by Gasteiger charge is -2.16. The minimum absolute atomic E-state index is 0.0388. The number of halogens is 2. The van der Waals surface area contributed by atoms with Crippen molar-refractivity contribution in [1.82, 2.24) is 20.1 Å². The van der Waals surface area contributed by atoms with Gasteiger partial charge in [0.25, 0.3) is 0 Å². The van der Waals surface area contributed by atoms with Crippen molar-refractivity contribution in [2.75, 3.05) is 12.3 Å². The maximum Gasteiger partial charge on any atom is 0.230 e. The third-order valence-electron chi connectivity index (χ3n) is 4.53. The van der Waals surface area contributed by atoms with E-state index in [9.17, 15) is 4.79 Å². The summed E-state index contributed by atoms with van der Waals surface area (Å²) < 4.78 is 7.90. The van der Waals surface area contributed by atoms with Gasteiger partial charge in [-0.2, -0.15) is 0 Å². The van der Waals surface area contributed by atoms with E-state index >= 15 is 0 Å². The fourth-order valence-corrected chi connectivity index (χ4v) is 4.15. The molecule has 31 heavy (non-hydrogen) atoms. The summed E-state index contributed by atoms with van der Waals surface area (Å²) in [7, 11) is 0. The molecule has 0 saturated carbocycles. The van der Waals surface area contributed by atoms with Crippen LogP contribution in [0.5, 0.6) is 5.75 Å². The number of thioether (sulfide) groups is 1. The third kappa shape index (κ3) is 6.63. The van der Waals surface area contributed by atoms with E-state index in [0.29, 0.717) is 39.9 Å². The van der Waals surface area contributed by atoms with Gasteiger partial charge in [-0.15, -0.1) is 10.2 Å².